The molecule has 0 saturated carbocycles. The van der Waals surface area contributed by atoms with Crippen LogP contribution in [0.25, 0.3) is 0 Å². The van der Waals surface area contributed by atoms with Gasteiger partial charge in [-0.15, -0.1) is 0 Å². The molecule has 0 amide bonds. The van der Waals surface area contributed by atoms with E-state index < -0.39 is 0 Å². The van der Waals surface area contributed by atoms with Crippen molar-refractivity contribution >= 4 is 5.97 Å². The van der Waals surface area contributed by atoms with Crippen LogP contribution in [-0.4, -0.2) is 19.6 Å². The number of rotatable bonds is 5. The van der Waals surface area contributed by atoms with Crippen molar-refractivity contribution in [2.75, 3.05) is 13.7 Å². The second kappa shape index (κ2) is 6.40. The average Bonchev–Trinajstić information content (AvgIpc) is 2.30. The Bertz CT molecular complexity index is 386. The zero-order valence-electron chi connectivity index (χ0n) is 11.0. The lowest BCUT2D eigenvalue weighted by atomic mass is 9.98. The van der Waals surface area contributed by atoms with Gasteiger partial charge < -0.3 is 10.1 Å². The molecule has 0 aliphatic carbocycles. The summed E-state index contributed by atoms with van der Waals surface area (Å²) in [4.78, 5) is 11.0. The van der Waals surface area contributed by atoms with Gasteiger partial charge in [-0.2, -0.15) is 0 Å². The molecule has 0 unspecified atom stereocenters. The van der Waals surface area contributed by atoms with Crippen LogP contribution in [0, 0.1) is 6.92 Å². The van der Waals surface area contributed by atoms with E-state index in [9.17, 15) is 4.79 Å². The van der Waals surface area contributed by atoms with Crippen molar-refractivity contribution in [1.82, 2.24) is 5.32 Å². The van der Waals surface area contributed by atoms with Gasteiger partial charge in [-0.05, 0) is 29.5 Å². The van der Waals surface area contributed by atoms with Crippen LogP contribution in [0.2, 0.25) is 0 Å². The number of aryl methyl sites for hydroxylation is 1. The third-order valence-electron chi connectivity index (χ3n) is 2.85. The molecule has 1 rings (SSSR count). The van der Waals surface area contributed by atoms with E-state index in [2.05, 4.69) is 49.0 Å². The summed E-state index contributed by atoms with van der Waals surface area (Å²) in [7, 11) is 1.40. The summed E-state index contributed by atoms with van der Waals surface area (Å²) in [5, 5.41) is 3.08. The Morgan fingerprint density at radius 3 is 2.71 bits per heavy atom. The number of ether oxygens (including phenoxy) is 1. The third-order valence-corrected chi connectivity index (χ3v) is 2.85. The number of carbonyl (C=O) groups is 1. The Balaban J connectivity index is 2.63. The molecule has 0 radical (unpaired) electrons. The summed E-state index contributed by atoms with van der Waals surface area (Å²) < 4.78 is 4.58. The van der Waals surface area contributed by atoms with E-state index in [-0.39, 0.29) is 12.5 Å². The molecule has 0 saturated heterocycles. The maximum Gasteiger partial charge on any atom is 0.319 e. The Morgan fingerprint density at radius 2 is 2.12 bits per heavy atom. The fraction of sp³-hybridized carbons (Fsp3) is 0.500. The van der Waals surface area contributed by atoms with Crippen molar-refractivity contribution in [3.05, 3.63) is 34.9 Å². The van der Waals surface area contributed by atoms with E-state index in [0.717, 1.165) is 0 Å². The third kappa shape index (κ3) is 4.19. The molecule has 1 N–H and O–H groups in total. The van der Waals surface area contributed by atoms with Crippen LogP contribution in [0.3, 0.4) is 0 Å². The van der Waals surface area contributed by atoms with Crippen LogP contribution in [0.4, 0.5) is 0 Å². The van der Waals surface area contributed by atoms with Gasteiger partial charge in [0.1, 0.15) is 0 Å². The fourth-order valence-corrected chi connectivity index (χ4v) is 1.61. The minimum atomic E-state index is -0.234. The predicted molar refractivity (Wildman–Crippen MR) is 69.0 cm³/mol. The summed E-state index contributed by atoms with van der Waals surface area (Å²) in [6.45, 7) is 7.38. The van der Waals surface area contributed by atoms with Gasteiger partial charge in [0.2, 0.25) is 0 Å². The lowest BCUT2D eigenvalue weighted by Crippen LogP contribution is -2.23. The molecule has 1 aromatic rings. The molecule has 0 aromatic heterocycles. The normalized spacial score (nSPS) is 10.6. The van der Waals surface area contributed by atoms with E-state index in [1.165, 1.54) is 23.8 Å². The van der Waals surface area contributed by atoms with Crippen molar-refractivity contribution in [2.45, 2.75) is 33.2 Å². The summed E-state index contributed by atoms with van der Waals surface area (Å²) in [5.41, 5.74) is 3.80. The lowest BCUT2D eigenvalue weighted by molar-refractivity contribution is -0.139. The molecule has 0 aliphatic rings. The number of hydrogen-bond donors (Lipinski definition) is 1. The van der Waals surface area contributed by atoms with Gasteiger partial charge in [0.05, 0.1) is 13.7 Å². The van der Waals surface area contributed by atoms with Crippen LogP contribution in [-0.2, 0) is 16.1 Å². The van der Waals surface area contributed by atoms with Gasteiger partial charge in [0.25, 0.3) is 0 Å². The van der Waals surface area contributed by atoms with Gasteiger partial charge >= 0.3 is 5.97 Å². The Morgan fingerprint density at radius 1 is 1.41 bits per heavy atom. The van der Waals surface area contributed by atoms with Gasteiger partial charge in [-0.25, -0.2) is 0 Å². The second-order valence-electron chi connectivity index (χ2n) is 4.52. The minimum absolute atomic E-state index is 0.234. The quantitative estimate of drug-likeness (QED) is 0.796. The molecule has 0 spiro atoms. The molecule has 0 aliphatic heterocycles. The summed E-state index contributed by atoms with van der Waals surface area (Å²) in [6, 6.07) is 6.48. The standard InChI is InChI=1S/C14H21NO2/c1-10(2)12-6-5-11(3)13(7-12)8-15-9-14(16)17-4/h5-7,10,15H,8-9H2,1-4H3. The number of methoxy groups -OCH3 is 1. The first-order valence-electron chi connectivity index (χ1n) is 5.91. The Hall–Kier alpha value is -1.35. The molecule has 0 heterocycles. The zero-order valence-corrected chi connectivity index (χ0v) is 11.0. The number of carbonyl (C=O) groups excluding carboxylic acids is 1. The Labute approximate surface area is 103 Å². The first-order chi connectivity index (χ1) is 8.04. The highest BCUT2D eigenvalue weighted by atomic mass is 16.5. The van der Waals surface area contributed by atoms with Crippen molar-refractivity contribution in [2.24, 2.45) is 0 Å². The first-order valence-corrected chi connectivity index (χ1v) is 5.91. The van der Waals surface area contributed by atoms with Crippen LogP contribution >= 0.6 is 0 Å². The van der Waals surface area contributed by atoms with Gasteiger partial charge in [-0.3, -0.25) is 4.79 Å². The smallest absolute Gasteiger partial charge is 0.319 e. The fourth-order valence-electron chi connectivity index (χ4n) is 1.61. The maximum atomic E-state index is 11.0. The van der Waals surface area contributed by atoms with E-state index in [1.807, 2.05) is 0 Å². The van der Waals surface area contributed by atoms with Crippen LogP contribution in [0.1, 0.15) is 36.5 Å². The molecule has 0 bridgehead atoms. The molecule has 1 aromatic carbocycles. The first kappa shape index (κ1) is 13.7. The average molecular weight is 235 g/mol. The monoisotopic (exact) mass is 235 g/mol. The van der Waals surface area contributed by atoms with Crippen molar-refractivity contribution in [3.8, 4) is 0 Å². The Kier molecular flexibility index (Phi) is 5.16. The van der Waals surface area contributed by atoms with Crippen LogP contribution < -0.4 is 5.32 Å². The van der Waals surface area contributed by atoms with E-state index in [4.69, 9.17) is 0 Å². The molecule has 94 valence electrons. The van der Waals surface area contributed by atoms with Gasteiger partial charge in [0, 0.05) is 6.54 Å². The topological polar surface area (TPSA) is 38.3 Å². The highest BCUT2D eigenvalue weighted by molar-refractivity contribution is 5.71. The highest BCUT2D eigenvalue weighted by Gasteiger charge is 2.05. The number of hydrogen-bond acceptors (Lipinski definition) is 3. The number of nitrogens with one attached hydrogen (secondary N) is 1. The zero-order chi connectivity index (χ0) is 12.8. The second-order valence-corrected chi connectivity index (χ2v) is 4.52. The number of benzene rings is 1. The summed E-state index contributed by atoms with van der Waals surface area (Å²) in [6.07, 6.45) is 0. The van der Waals surface area contributed by atoms with Gasteiger partial charge in [0.15, 0.2) is 0 Å². The molecule has 0 atom stereocenters. The minimum Gasteiger partial charge on any atom is -0.468 e. The molecule has 3 heteroatoms. The lowest BCUT2D eigenvalue weighted by Gasteiger charge is -2.11. The van der Waals surface area contributed by atoms with Crippen molar-refractivity contribution < 1.29 is 9.53 Å². The number of esters is 1. The predicted octanol–water partition coefficient (Wildman–Crippen LogP) is 2.38. The summed E-state index contributed by atoms with van der Waals surface area (Å²) >= 11 is 0. The molecule has 0 fully saturated rings. The van der Waals surface area contributed by atoms with Crippen molar-refractivity contribution in [1.29, 1.82) is 0 Å². The maximum absolute atomic E-state index is 11.0. The van der Waals surface area contributed by atoms with Crippen LogP contribution in [0.5, 0.6) is 0 Å². The van der Waals surface area contributed by atoms with E-state index >= 15 is 0 Å². The summed E-state index contributed by atoms with van der Waals surface area (Å²) in [5.74, 6) is 0.289. The van der Waals surface area contributed by atoms with Gasteiger partial charge in [-0.1, -0.05) is 32.0 Å². The molecular weight excluding hydrogens is 214 g/mol. The van der Waals surface area contributed by atoms with E-state index in [0.29, 0.717) is 12.5 Å². The highest BCUT2D eigenvalue weighted by Crippen LogP contribution is 2.18. The SMILES string of the molecule is COC(=O)CNCc1cc(C(C)C)ccc1C. The molecule has 3 nitrogen and oxygen atoms in total. The largest absolute Gasteiger partial charge is 0.468 e. The molecule has 17 heavy (non-hydrogen) atoms. The molecular formula is C14H21NO2. The van der Waals surface area contributed by atoms with E-state index in [1.54, 1.807) is 0 Å². The van der Waals surface area contributed by atoms with Crippen LogP contribution in [0.15, 0.2) is 18.2 Å². The van der Waals surface area contributed by atoms with Crippen molar-refractivity contribution in [3.63, 3.8) is 0 Å².